The second kappa shape index (κ2) is 8.59. The summed E-state index contributed by atoms with van der Waals surface area (Å²) in [4.78, 5) is 59.6. The third-order valence-corrected chi connectivity index (χ3v) is 7.01. The molecule has 0 bridgehead atoms. The van der Waals surface area contributed by atoms with Crippen LogP contribution in [0.3, 0.4) is 0 Å². The monoisotopic (exact) mass is 486 g/mol. The lowest BCUT2D eigenvalue weighted by Crippen LogP contribution is -2.36. The molecule has 0 saturated carbocycles. The summed E-state index contributed by atoms with van der Waals surface area (Å²) in [5, 5.41) is 9.93. The molecule has 5 atom stereocenters. The van der Waals surface area contributed by atoms with Gasteiger partial charge in [-0.15, -0.1) is 0 Å². The van der Waals surface area contributed by atoms with Crippen LogP contribution in [0, 0.1) is 5.82 Å². The van der Waals surface area contributed by atoms with Gasteiger partial charge in [-0.3, -0.25) is 18.9 Å². The number of halogens is 1. The Bertz CT molecular complexity index is 1020. The summed E-state index contributed by atoms with van der Waals surface area (Å²) in [5.74, 6) is -1.35. The summed E-state index contributed by atoms with van der Waals surface area (Å²) in [6.07, 6.45) is -4.04. The number of ether oxygens (including phenoxy) is 1. The molecular weight excluding hydrogens is 472 g/mol. The molecule has 2 unspecified atom stereocenters. The second-order valence-corrected chi connectivity index (χ2v) is 9.90. The van der Waals surface area contributed by atoms with Crippen LogP contribution < -0.4 is 11.2 Å². The number of aliphatic hydroxyl groups excluding tert-OH is 1. The van der Waals surface area contributed by atoms with Gasteiger partial charge in [-0.2, -0.15) is 13.0 Å². The van der Waals surface area contributed by atoms with Gasteiger partial charge >= 0.3 is 29.2 Å². The largest absolute Gasteiger partial charge is 0.490 e. The van der Waals surface area contributed by atoms with Gasteiger partial charge in [-0.1, -0.05) is 0 Å². The Kier molecular flexibility index (Phi) is 7.17. The quantitative estimate of drug-likeness (QED) is 0.233. The highest BCUT2D eigenvalue weighted by Gasteiger charge is 2.42. The third kappa shape index (κ3) is 7.00. The van der Waals surface area contributed by atoms with Crippen molar-refractivity contribution >= 4 is 23.5 Å². The molecule has 166 valence electrons. The van der Waals surface area contributed by atoms with E-state index in [1.807, 2.05) is 0 Å². The zero-order chi connectivity index (χ0) is 22.2. The Morgan fingerprint density at radius 2 is 1.79 bits per heavy atom. The number of phosphoric ester groups is 1. The van der Waals surface area contributed by atoms with Gasteiger partial charge in [0.05, 0.1) is 18.9 Å². The maximum absolute atomic E-state index is 13.3. The lowest BCUT2D eigenvalue weighted by Gasteiger charge is -2.19. The fourth-order valence-electron chi connectivity index (χ4n) is 2.22. The molecule has 0 aromatic carbocycles. The van der Waals surface area contributed by atoms with E-state index in [1.54, 1.807) is 4.98 Å². The van der Waals surface area contributed by atoms with E-state index in [4.69, 9.17) is 19.4 Å². The van der Waals surface area contributed by atoms with Crippen LogP contribution in [0.4, 0.5) is 4.39 Å². The van der Waals surface area contributed by atoms with Crippen LogP contribution in [0.5, 0.6) is 0 Å². The van der Waals surface area contributed by atoms with Crippen molar-refractivity contribution in [2.75, 3.05) is 6.61 Å². The molecule has 2 rings (SSSR count). The van der Waals surface area contributed by atoms with Crippen molar-refractivity contribution in [3.05, 3.63) is 32.9 Å². The number of hydrogen-bond donors (Lipinski definition) is 6. The first-order valence-electron chi connectivity index (χ1n) is 7.21. The number of aromatic nitrogens is 2. The fourth-order valence-corrected chi connectivity index (χ4v) is 5.27. The first kappa shape index (κ1) is 24.2. The van der Waals surface area contributed by atoms with Crippen LogP contribution in [0.1, 0.15) is 12.6 Å². The number of phosphoric acid groups is 3. The van der Waals surface area contributed by atoms with Crippen molar-refractivity contribution in [1.29, 1.82) is 0 Å². The third-order valence-electron chi connectivity index (χ3n) is 3.20. The molecule has 29 heavy (non-hydrogen) atoms. The summed E-state index contributed by atoms with van der Waals surface area (Å²) in [6, 6.07) is 0. The van der Waals surface area contributed by atoms with Crippen molar-refractivity contribution in [1.82, 2.24) is 9.55 Å². The Morgan fingerprint density at radius 3 is 2.38 bits per heavy atom. The summed E-state index contributed by atoms with van der Waals surface area (Å²) in [5.41, 5.74) is -2.42. The predicted octanol–water partition coefficient (Wildman–Crippen LogP) is -1.33. The molecule has 6 N–H and O–H groups in total. The maximum Gasteiger partial charge on any atom is 0.490 e. The molecule has 0 radical (unpaired) electrons. The van der Waals surface area contributed by atoms with Crippen LogP contribution in [0.15, 0.2) is 15.8 Å². The fraction of sp³-hybridized carbons (Fsp3) is 0.556. The molecule has 1 aliphatic heterocycles. The van der Waals surface area contributed by atoms with Crippen molar-refractivity contribution in [2.24, 2.45) is 0 Å². The summed E-state index contributed by atoms with van der Waals surface area (Å²) in [6.45, 7) is -0.877. The number of aromatic amines is 1. The number of hydrogen-bond acceptors (Lipinski definition) is 10. The van der Waals surface area contributed by atoms with Crippen LogP contribution in [-0.4, -0.2) is 53.0 Å². The lowest BCUT2D eigenvalue weighted by atomic mass is 10.2. The zero-order valence-corrected chi connectivity index (χ0v) is 16.5. The van der Waals surface area contributed by atoms with E-state index in [-0.39, 0.29) is 6.42 Å². The summed E-state index contributed by atoms with van der Waals surface area (Å²) >= 11 is 0. The van der Waals surface area contributed by atoms with Gasteiger partial charge < -0.3 is 29.4 Å². The number of aliphatic hydroxyl groups is 1. The Hall–Kier alpha value is -1.06. The van der Waals surface area contributed by atoms with E-state index >= 15 is 0 Å². The molecule has 0 spiro atoms. The molecule has 0 aliphatic carbocycles. The van der Waals surface area contributed by atoms with E-state index in [0.29, 0.717) is 10.8 Å². The van der Waals surface area contributed by atoms with Crippen molar-refractivity contribution in [2.45, 2.75) is 24.9 Å². The smallest absolute Gasteiger partial charge is 0.388 e. The molecule has 2 heterocycles. The summed E-state index contributed by atoms with van der Waals surface area (Å²) < 4.78 is 63.8. The number of rotatable bonds is 8. The van der Waals surface area contributed by atoms with Crippen LogP contribution in [-0.2, 0) is 31.6 Å². The van der Waals surface area contributed by atoms with Crippen LogP contribution >= 0.6 is 23.5 Å². The van der Waals surface area contributed by atoms with E-state index in [1.165, 1.54) is 0 Å². The minimum atomic E-state index is -5.70. The van der Waals surface area contributed by atoms with Crippen LogP contribution in [0.25, 0.3) is 0 Å². The number of nitrogens with zero attached hydrogens (tertiary/aromatic N) is 1. The average molecular weight is 486 g/mol. The molecule has 1 aromatic rings. The zero-order valence-electron chi connectivity index (χ0n) is 13.8. The average Bonchev–Trinajstić information content (AvgIpc) is 2.86. The van der Waals surface area contributed by atoms with Gasteiger partial charge in [0, 0.05) is 6.42 Å². The second-order valence-electron chi connectivity index (χ2n) is 5.48. The van der Waals surface area contributed by atoms with E-state index in [2.05, 4.69) is 13.1 Å². The van der Waals surface area contributed by atoms with Crippen molar-refractivity contribution < 1.29 is 60.6 Å². The highest BCUT2D eigenvalue weighted by Crippen LogP contribution is 2.66. The molecule has 1 fully saturated rings. The molecule has 16 nitrogen and oxygen atoms in total. The predicted molar refractivity (Wildman–Crippen MR) is 85.6 cm³/mol. The first-order valence-corrected chi connectivity index (χ1v) is 11.7. The van der Waals surface area contributed by atoms with Gasteiger partial charge in [-0.25, -0.2) is 18.5 Å². The number of H-pyrrole nitrogens is 1. The summed E-state index contributed by atoms with van der Waals surface area (Å²) in [7, 11) is -16.7. The SMILES string of the molecule is O=c1[nH]c(=O)n([C@@H]2O[C@H](COP(=O)(O)OP(=O)(O)OP(=O)(O)O)C[C@H]2O)cc1F. The van der Waals surface area contributed by atoms with Crippen molar-refractivity contribution in [3.63, 3.8) is 0 Å². The molecule has 1 aromatic heterocycles. The standard InChI is InChI=1S/C9H14FN2O14P3/c10-5-2-12(9(15)11-7(5)14)8-6(13)1-4(24-8)3-23-28(19,20)26-29(21,22)25-27(16,17)18/h2,4,6,8,13H,1,3H2,(H,19,20)(H,21,22)(H,11,14,15)(H2,16,17,18)/t4-,6+,8+/m0/s1. The maximum atomic E-state index is 13.3. The minimum absolute atomic E-state index is 0.326. The van der Waals surface area contributed by atoms with Gasteiger partial charge in [0.25, 0.3) is 5.56 Å². The molecule has 1 aliphatic rings. The lowest BCUT2D eigenvalue weighted by molar-refractivity contribution is -0.0529. The Balaban J connectivity index is 2.02. The number of nitrogens with one attached hydrogen (secondary N) is 1. The minimum Gasteiger partial charge on any atom is -0.388 e. The van der Waals surface area contributed by atoms with E-state index in [9.17, 15) is 37.7 Å². The Morgan fingerprint density at radius 1 is 1.17 bits per heavy atom. The molecular formula is C9H14FN2O14P3. The van der Waals surface area contributed by atoms with E-state index in [0.717, 1.165) is 0 Å². The highest BCUT2D eigenvalue weighted by molar-refractivity contribution is 7.66. The van der Waals surface area contributed by atoms with Gasteiger partial charge in [-0.05, 0) is 0 Å². The normalized spacial score (nSPS) is 26.8. The van der Waals surface area contributed by atoms with Crippen molar-refractivity contribution in [3.8, 4) is 0 Å². The van der Waals surface area contributed by atoms with Crippen LogP contribution in [0.2, 0.25) is 0 Å². The topological polar surface area (TPSA) is 244 Å². The van der Waals surface area contributed by atoms with Gasteiger partial charge in [0.15, 0.2) is 6.23 Å². The van der Waals surface area contributed by atoms with Gasteiger partial charge in [0.2, 0.25) is 5.82 Å². The van der Waals surface area contributed by atoms with Gasteiger partial charge in [0.1, 0.15) is 6.10 Å². The first-order chi connectivity index (χ1) is 13.1. The molecule has 0 amide bonds. The Labute approximate surface area is 158 Å². The molecule has 1 saturated heterocycles. The molecule has 20 heteroatoms. The van der Waals surface area contributed by atoms with E-state index < -0.39 is 65.6 Å². The highest BCUT2D eigenvalue weighted by atomic mass is 31.3.